The van der Waals surface area contributed by atoms with E-state index in [4.69, 9.17) is 0 Å². The summed E-state index contributed by atoms with van der Waals surface area (Å²) in [7, 11) is 0. The molecule has 0 fully saturated rings. The molecule has 0 saturated carbocycles. The molecule has 0 radical (unpaired) electrons. The highest BCUT2D eigenvalue weighted by atomic mass is 32.1. The summed E-state index contributed by atoms with van der Waals surface area (Å²) in [6, 6.07) is 12.7. The van der Waals surface area contributed by atoms with Gasteiger partial charge in [0.25, 0.3) is 0 Å². The molecule has 0 amide bonds. The van der Waals surface area contributed by atoms with Gasteiger partial charge in [-0.2, -0.15) is 0 Å². The van der Waals surface area contributed by atoms with Crippen molar-refractivity contribution in [3.05, 3.63) is 46.8 Å². The summed E-state index contributed by atoms with van der Waals surface area (Å²) in [5.41, 5.74) is 2.44. The van der Waals surface area contributed by atoms with Gasteiger partial charge < -0.3 is 5.32 Å². The molecule has 0 bridgehead atoms. The lowest BCUT2D eigenvalue weighted by molar-refractivity contribution is 1.46. The molecule has 1 aromatic heterocycles. The Labute approximate surface area is 88.4 Å². The van der Waals surface area contributed by atoms with E-state index < -0.39 is 0 Å². The Kier molecular flexibility index (Phi) is 2.55. The van der Waals surface area contributed by atoms with Crippen LogP contribution in [0.25, 0.3) is 0 Å². The van der Waals surface area contributed by atoms with Crippen LogP contribution in [0, 0.1) is 13.8 Å². The third kappa shape index (κ3) is 2.15. The van der Waals surface area contributed by atoms with Crippen molar-refractivity contribution in [1.82, 2.24) is 0 Å². The van der Waals surface area contributed by atoms with Crippen LogP contribution in [-0.2, 0) is 0 Å². The monoisotopic (exact) mass is 203 g/mol. The lowest BCUT2D eigenvalue weighted by Gasteiger charge is -2.02. The maximum atomic E-state index is 3.37. The zero-order valence-electron chi connectivity index (χ0n) is 8.37. The van der Waals surface area contributed by atoms with E-state index in [0.717, 1.165) is 5.69 Å². The van der Waals surface area contributed by atoms with E-state index in [0.29, 0.717) is 0 Å². The summed E-state index contributed by atoms with van der Waals surface area (Å²) in [6.07, 6.45) is 0. The molecule has 0 saturated heterocycles. The molecule has 1 N–H and O–H groups in total. The molecule has 2 aromatic rings. The Bertz CT molecular complexity index is 414. The first kappa shape index (κ1) is 9.28. The van der Waals surface area contributed by atoms with Crippen LogP contribution >= 0.6 is 11.3 Å². The standard InChI is InChI=1S/C12H13NS/c1-9-3-6-11(7-4-9)13-12-8-5-10(2)14-12/h3-8,13H,1-2H3. The van der Waals surface area contributed by atoms with Crippen LogP contribution in [0.4, 0.5) is 10.7 Å². The van der Waals surface area contributed by atoms with Crippen molar-refractivity contribution < 1.29 is 0 Å². The molecule has 72 valence electrons. The van der Waals surface area contributed by atoms with Crippen LogP contribution in [0.1, 0.15) is 10.4 Å². The SMILES string of the molecule is Cc1ccc(Nc2ccc(C)s2)cc1. The number of hydrogen-bond acceptors (Lipinski definition) is 2. The maximum Gasteiger partial charge on any atom is 0.0929 e. The van der Waals surface area contributed by atoms with Gasteiger partial charge in [-0.3, -0.25) is 0 Å². The van der Waals surface area contributed by atoms with E-state index in [1.54, 1.807) is 11.3 Å². The Hall–Kier alpha value is -1.28. The highest BCUT2D eigenvalue weighted by molar-refractivity contribution is 7.16. The van der Waals surface area contributed by atoms with Crippen LogP contribution < -0.4 is 5.32 Å². The van der Waals surface area contributed by atoms with Crippen molar-refractivity contribution in [3.8, 4) is 0 Å². The van der Waals surface area contributed by atoms with Gasteiger partial charge in [0.15, 0.2) is 0 Å². The number of aryl methyl sites for hydroxylation is 2. The number of anilines is 2. The van der Waals surface area contributed by atoms with Gasteiger partial charge >= 0.3 is 0 Å². The number of hydrogen-bond donors (Lipinski definition) is 1. The first-order valence-corrected chi connectivity index (χ1v) is 5.46. The van der Waals surface area contributed by atoms with E-state index in [-0.39, 0.29) is 0 Å². The second-order valence-corrected chi connectivity index (χ2v) is 4.69. The van der Waals surface area contributed by atoms with E-state index in [1.807, 2.05) is 0 Å². The molecule has 2 rings (SSSR count). The van der Waals surface area contributed by atoms with Gasteiger partial charge in [-0.1, -0.05) is 17.7 Å². The highest BCUT2D eigenvalue weighted by Gasteiger charge is 1.96. The van der Waals surface area contributed by atoms with E-state index >= 15 is 0 Å². The van der Waals surface area contributed by atoms with Crippen molar-refractivity contribution in [3.63, 3.8) is 0 Å². The summed E-state index contributed by atoms with van der Waals surface area (Å²) >= 11 is 1.78. The number of benzene rings is 1. The maximum absolute atomic E-state index is 3.37. The predicted molar refractivity (Wildman–Crippen MR) is 63.5 cm³/mol. The zero-order valence-corrected chi connectivity index (χ0v) is 9.19. The molecule has 0 aliphatic carbocycles. The molecule has 14 heavy (non-hydrogen) atoms. The molecule has 0 aliphatic heterocycles. The van der Waals surface area contributed by atoms with Crippen LogP contribution in [0.5, 0.6) is 0 Å². The number of rotatable bonds is 2. The first-order valence-electron chi connectivity index (χ1n) is 4.64. The van der Waals surface area contributed by atoms with Gasteiger partial charge in [-0.15, -0.1) is 11.3 Å². The minimum Gasteiger partial charge on any atom is -0.347 e. The van der Waals surface area contributed by atoms with Crippen molar-refractivity contribution in [2.45, 2.75) is 13.8 Å². The second-order valence-electron chi connectivity index (χ2n) is 3.40. The number of nitrogens with one attached hydrogen (secondary N) is 1. The summed E-state index contributed by atoms with van der Waals surface area (Å²) < 4.78 is 0. The third-order valence-electron chi connectivity index (χ3n) is 2.06. The normalized spacial score (nSPS) is 10.1. The largest absolute Gasteiger partial charge is 0.347 e. The van der Waals surface area contributed by atoms with Gasteiger partial charge in [0, 0.05) is 10.6 Å². The van der Waals surface area contributed by atoms with Crippen LogP contribution in [0.2, 0.25) is 0 Å². The van der Waals surface area contributed by atoms with Gasteiger partial charge in [0.1, 0.15) is 0 Å². The predicted octanol–water partition coefficient (Wildman–Crippen LogP) is 4.11. The molecule has 0 aliphatic rings. The van der Waals surface area contributed by atoms with E-state index in [2.05, 4.69) is 55.6 Å². The van der Waals surface area contributed by atoms with Gasteiger partial charge in [-0.05, 0) is 38.1 Å². The molecule has 0 spiro atoms. The van der Waals surface area contributed by atoms with Gasteiger partial charge in [0.2, 0.25) is 0 Å². The van der Waals surface area contributed by atoms with Crippen molar-refractivity contribution in [2.24, 2.45) is 0 Å². The minimum absolute atomic E-state index is 1.15. The molecule has 2 heteroatoms. The summed E-state index contributed by atoms with van der Waals surface area (Å²) in [4.78, 5) is 1.33. The molecule has 0 atom stereocenters. The lowest BCUT2D eigenvalue weighted by Crippen LogP contribution is -1.85. The Morgan fingerprint density at radius 2 is 1.64 bits per heavy atom. The van der Waals surface area contributed by atoms with Gasteiger partial charge in [0.05, 0.1) is 5.00 Å². The fraction of sp³-hybridized carbons (Fsp3) is 0.167. The molecule has 1 aromatic carbocycles. The zero-order chi connectivity index (χ0) is 9.97. The minimum atomic E-state index is 1.15. The first-order chi connectivity index (χ1) is 6.74. The fourth-order valence-electron chi connectivity index (χ4n) is 1.28. The highest BCUT2D eigenvalue weighted by Crippen LogP contribution is 2.24. The van der Waals surface area contributed by atoms with E-state index in [9.17, 15) is 0 Å². The molecule has 1 nitrogen and oxygen atoms in total. The second kappa shape index (κ2) is 3.84. The van der Waals surface area contributed by atoms with Crippen LogP contribution in [-0.4, -0.2) is 0 Å². The average molecular weight is 203 g/mol. The molecule has 1 heterocycles. The van der Waals surface area contributed by atoms with E-state index in [1.165, 1.54) is 15.4 Å². The Morgan fingerprint density at radius 1 is 0.929 bits per heavy atom. The van der Waals surface area contributed by atoms with Gasteiger partial charge in [-0.25, -0.2) is 0 Å². The Balaban J connectivity index is 2.15. The third-order valence-corrected chi connectivity index (χ3v) is 2.98. The fourth-order valence-corrected chi connectivity index (χ4v) is 2.07. The smallest absolute Gasteiger partial charge is 0.0929 e. The topological polar surface area (TPSA) is 12.0 Å². The van der Waals surface area contributed by atoms with Crippen molar-refractivity contribution in [2.75, 3.05) is 5.32 Å². The quantitative estimate of drug-likeness (QED) is 0.774. The lowest BCUT2D eigenvalue weighted by atomic mass is 10.2. The average Bonchev–Trinajstić information content (AvgIpc) is 2.56. The summed E-state index contributed by atoms with van der Waals surface area (Å²) in [5, 5.41) is 4.57. The van der Waals surface area contributed by atoms with Crippen LogP contribution in [0.3, 0.4) is 0 Å². The number of thiophene rings is 1. The molecule has 0 unspecified atom stereocenters. The van der Waals surface area contributed by atoms with Crippen molar-refractivity contribution >= 4 is 22.0 Å². The Morgan fingerprint density at radius 3 is 2.21 bits per heavy atom. The summed E-state index contributed by atoms with van der Waals surface area (Å²) in [6.45, 7) is 4.21. The summed E-state index contributed by atoms with van der Waals surface area (Å²) in [5.74, 6) is 0. The van der Waals surface area contributed by atoms with Crippen LogP contribution in [0.15, 0.2) is 36.4 Å². The molecular formula is C12H13NS. The van der Waals surface area contributed by atoms with Crippen molar-refractivity contribution in [1.29, 1.82) is 0 Å². The molecular weight excluding hydrogens is 190 g/mol.